The number of halogens is 1. The monoisotopic (exact) mass is 293 g/mol. The Morgan fingerprint density at radius 2 is 2.05 bits per heavy atom. The predicted molar refractivity (Wildman–Crippen MR) is 77.5 cm³/mol. The van der Waals surface area contributed by atoms with E-state index in [0.717, 1.165) is 0 Å². The molecule has 0 fully saturated rings. The van der Waals surface area contributed by atoms with E-state index in [0.29, 0.717) is 34.3 Å². The maximum absolute atomic E-state index is 10.4. The lowest BCUT2D eigenvalue weighted by Crippen LogP contribution is -2.02. The van der Waals surface area contributed by atoms with Gasteiger partial charge in [-0.05, 0) is 30.7 Å². The molecule has 1 N–H and O–H groups in total. The summed E-state index contributed by atoms with van der Waals surface area (Å²) >= 11 is 6.07. The summed E-state index contributed by atoms with van der Waals surface area (Å²) in [5.74, 6) is 1.20. The molecule has 0 saturated heterocycles. The molecule has 0 aliphatic rings. The van der Waals surface area contributed by atoms with E-state index in [1.54, 1.807) is 43.8 Å². The van der Waals surface area contributed by atoms with Gasteiger partial charge < -0.3 is 14.6 Å². The lowest BCUT2D eigenvalue weighted by molar-refractivity contribution is 0.219. The molecule has 0 spiro atoms. The number of hydrogen-bond acceptors (Lipinski definition) is 4. The molecule has 5 heteroatoms. The Morgan fingerprint density at radius 1 is 1.25 bits per heavy atom. The second-order valence-corrected chi connectivity index (χ2v) is 4.59. The van der Waals surface area contributed by atoms with E-state index in [-0.39, 0.29) is 0 Å². The van der Waals surface area contributed by atoms with Crippen molar-refractivity contribution in [2.24, 2.45) is 0 Å². The molecule has 1 aromatic carbocycles. The molecule has 1 aromatic heterocycles. The third-order valence-corrected chi connectivity index (χ3v) is 3.15. The molecule has 4 nitrogen and oxygen atoms in total. The van der Waals surface area contributed by atoms with Crippen molar-refractivity contribution in [1.82, 2.24) is 4.98 Å². The fourth-order valence-electron chi connectivity index (χ4n) is 1.88. The zero-order valence-corrected chi connectivity index (χ0v) is 12.1. The van der Waals surface area contributed by atoms with Crippen molar-refractivity contribution in [3.05, 3.63) is 52.8 Å². The molecule has 1 atom stereocenters. The van der Waals surface area contributed by atoms with Crippen LogP contribution in [-0.2, 0) is 0 Å². The van der Waals surface area contributed by atoms with Crippen LogP contribution in [0.5, 0.6) is 11.5 Å². The minimum Gasteiger partial charge on any atom is -0.495 e. The van der Waals surface area contributed by atoms with E-state index in [2.05, 4.69) is 4.98 Å². The fraction of sp³-hybridized carbons (Fsp3) is 0.267. The molecule has 1 heterocycles. The van der Waals surface area contributed by atoms with Gasteiger partial charge in [-0.1, -0.05) is 17.7 Å². The average molecular weight is 294 g/mol. The Morgan fingerprint density at radius 3 is 2.70 bits per heavy atom. The Bertz CT molecular complexity index is 589. The highest BCUT2D eigenvalue weighted by molar-refractivity contribution is 6.32. The first-order chi connectivity index (χ1) is 9.65. The number of aromatic nitrogens is 1. The van der Waals surface area contributed by atoms with Crippen molar-refractivity contribution >= 4 is 11.6 Å². The number of methoxy groups -OCH3 is 1. The molecule has 0 aliphatic heterocycles. The SMILES string of the molecule is CCOc1cncc(C(O)c2ccc(OC)c(Cl)c2)c1. The Labute approximate surface area is 122 Å². The van der Waals surface area contributed by atoms with Gasteiger partial charge in [0, 0.05) is 11.8 Å². The normalized spacial score (nSPS) is 12.0. The summed E-state index contributed by atoms with van der Waals surface area (Å²) in [6, 6.07) is 6.93. The van der Waals surface area contributed by atoms with Gasteiger partial charge >= 0.3 is 0 Å². The number of benzene rings is 1. The smallest absolute Gasteiger partial charge is 0.137 e. The first-order valence-corrected chi connectivity index (χ1v) is 6.62. The first kappa shape index (κ1) is 14.6. The van der Waals surface area contributed by atoms with Crippen LogP contribution in [0.2, 0.25) is 5.02 Å². The van der Waals surface area contributed by atoms with Crippen molar-refractivity contribution in [1.29, 1.82) is 0 Å². The van der Waals surface area contributed by atoms with Crippen molar-refractivity contribution in [2.75, 3.05) is 13.7 Å². The third-order valence-electron chi connectivity index (χ3n) is 2.85. The lowest BCUT2D eigenvalue weighted by atomic mass is 10.0. The number of pyridine rings is 1. The summed E-state index contributed by atoms with van der Waals surface area (Å²) < 4.78 is 10.5. The van der Waals surface area contributed by atoms with E-state index in [4.69, 9.17) is 21.1 Å². The van der Waals surface area contributed by atoms with Crippen molar-refractivity contribution < 1.29 is 14.6 Å². The van der Waals surface area contributed by atoms with E-state index in [1.165, 1.54) is 0 Å². The number of hydrogen-bond donors (Lipinski definition) is 1. The van der Waals surface area contributed by atoms with Crippen molar-refractivity contribution in [3.63, 3.8) is 0 Å². The van der Waals surface area contributed by atoms with Crippen LogP contribution in [0.4, 0.5) is 0 Å². The van der Waals surface area contributed by atoms with E-state index in [1.807, 2.05) is 6.92 Å². The van der Waals surface area contributed by atoms with Crippen molar-refractivity contribution in [2.45, 2.75) is 13.0 Å². The highest BCUT2D eigenvalue weighted by Gasteiger charge is 2.13. The Hall–Kier alpha value is -1.78. The van der Waals surface area contributed by atoms with E-state index >= 15 is 0 Å². The summed E-state index contributed by atoms with van der Waals surface area (Å²) in [5.41, 5.74) is 1.32. The molecule has 106 valence electrons. The summed E-state index contributed by atoms with van der Waals surface area (Å²) in [7, 11) is 1.55. The highest BCUT2D eigenvalue weighted by Crippen LogP contribution is 2.30. The number of nitrogens with zero attached hydrogens (tertiary/aromatic N) is 1. The minimum absolute atomic E-state index is 0.456. The zero-order chi connectivity index (χ0) is 14.5. The Balaban J connectivity index is 2.28. The molecule has 0 aliphatic carbocycles. The molecule has 2 aromatic rings. The molecule has 0 saturated carbocycles. The summed E-state index contributed by atoms with van der Waals surface area (Å²) in [6.07, 6.45) is 2.40. The van der Waals surface area contributed by atoms with Gasteiger partial charge in [-0.25, -0.2) is 0 Å². The van der Waals surface area contributed by atoms with Crippen LogP contribution < -0.4 is 9.47 Å². The molecule has 0 amide bonds. The first-order valence-electron chi connectivity index (χ1n) is 6.25. The number of aliphatic hydroxyl groups excluding tert-OH is 1. The summed E-state index contributed by atoms with van der Waals surface area (Å²) in [4.78, 5) is 4.06. The average Bonchev–Trinajstić information content (AvgIpc) is 2.47. The van der Waals surface area contributed by atoms with Gasteiger partial charge in [0.25, 0.3) is 0 Å². The van der Waals surface area contributed by atoms with Crippen molar-refractivity contribution in [3.8, 4) is 11.5 Å². The van der Waals surface area contributed by atoms with Crippen LogP contribution in [0.3, 0.4) is 0 Å². The van der Waals surface area contributed by atoms with Gasteiger partial charge in [0.05, 0.1) is 24.9 Å². The predicted octanol–water partition coefficient (Wildman–Crippen LogP) is 3.22. The second kappa shape index (κ2) is 6.59. The quantitative estimate of drug-likeness (QED) is 0.919. The van der Waals surface area contributed by atoms with Gasteiger partial charge in [-0.2, -0.15) is 0 Å². The number of rotatable bonds is 5. The molecule has 0 bridgehead atoms. The van der Waals surface area contributed by atoms with Crippen LogP contribution in [0.1, 0.15) is 24.2 Å². The molecule has 20 heavy (non-hydrogen) atoms. The van der Waals surface area contributed by atoms with Gasteiger partial charge in [0.2, 0.25) is 0 Å². The zero-order valence-electron chi connectivity index (χ0n) is 11.3. The Kier molecular flexibility index (Phi) is 4.82. The van der Waals surface area contributed by atoms with Crippen LogP contribution in [0, 0.1) is 0 Å². The summed E-state index contributed by atoms with van der Waals surface area (Å²) in [6.45, 7) is 2.45. The van der Waals surface area contributed by atoms with Gasteiger partial charge in [0.1, 0.15) is 17.6 Å². The molecular weight excluding hydrogens is 278 g/mol. The van der Waals surface area contributed by atoms with Gasteiger partial charge in [-0.15, -0.1) is 0 Å². The number of aliphatic hydroxyl groups is 1. The standard InChI is InChI=1S/C15H16ClNO3/c1-3-20-12-6-11(8-17-9-12)15(18)10-4-5-14(19-2)13(16)7-10/h4-9,15,18H,3H2,1-2H3. The van der Waals surface area contributed by atoms with Crippen LogP contribution in [-0.4, -0.2) is 23.8 Å². The van der Waals surface area contributed by atoms with Gasteiger partial charge in [0.15, 0.2) is 0 Å². The molecular formula is C15H16ClNO3. The van der Waals surface area contributed by atoms with Crippen LogP contribution >= 0.6 is 11.6 Å². The van der Waals surface area contributed by atoms with Gasteiger partial charge in [-0.3, -0.25) is 4.98 Å². The molecule has 1 unspecified atom stereocenters. The molecule has 2 rings (SSSR count). The van der Waals surface area contributed by atoms with Crippen LogP contribution in [0.25, 0.3) is 0 Å². The van der Waals surface area contributed by atoms with E-state index < -0.39 is 6.10 Å². The van der Waals surface area contributed by atoms with Crippen LogP contribution in [0.15, 0.2) is 36.7 Å². The lowest BCUT2D eigenvalue weighted by Gasteiger charge is -2.13. The summed E-state index contributed by atoms with van der Waals surface area (Å²) in [5, 5.41) is 10.8. The fourth-order valence-corrected chi connectivity index (χ4v) is 2.14. The largest absolute Gasteiger partial charge is 0.495 e. The molecule has 0 radical (unpaired) electrons. The minimum atomic E-state index is -0.814. The topological polar surface area (TPSA) is 51.6 Å². The number of ether oxygens (including phenoxy) is 2. The third kappa shape index (κ3) is 3.21. The second-order valence-electron chi connectivity index (χ2n) is 4.18. The highest BCUT2D eigenvalue weighted by atomic mass is 35.5. The maximum atomic E-state index is 10.4. The maximum Gasteiger partial charge on any atom is 0.137 e. The van der Waals surface area contributed by atoms with E-state index in [9.17, 15) is 5.11 Å².